The van der Waals surface area contributed by atoms with E-state index in [0.29, 0.717) is 0 Å². The van der Waals surface area contributed by atoms with Gasteiger partial charge in [0.1, 0.15) is 0 Å². The third-order valence-electron chi connectivity index (χ3n) is 5.72. The Hall–Kier alpha value is -0.106. The van der Waals surface area contributed by atoms with Gasteiger partial charge in [0.2, 0.25) is 0 Å². The third-order valence-corrected chi connectivity index (χ3v) is 8.70. The summed E-state index contributed by atoms with van der Waals surface area (Å²) in [5, 5.41) is 1.92. The van der Waals surface area contributed by atoms with Crippen LogP contribution in [0.3, 0.4) is 0 Å². The van der Waals surface area contributed by atoms with Crippen LogP contribution in [0.1, 0.15) is 53.4 Å². The molecular weight excluding hydrogens is 459 g/mol. The Morgan fingerprint density at radius 1 is 0.774 bits per heavy atom. The predicted octanol–water partition coefficient (Wildman–Crippen LogP) is 8.92. The highest BCUT2D eigenvalue weighted by Gasteiger charge is 2.38. The van der Waals surface area contributed by atoms with Crippen molar-refractivity contribution in [1.29, 1.82) is 0 Å². The van der Waals surface area contributed by atoms with Crippen LogP contribution < -0.4 is 0 Å². The Morgan fingerprint density at radius 2 is 1.10 bits per heavy atom. The van der Waals surface area contributed by atoms with Crippen LogP contribution >= 0.6 is 23.2 Å². The van der Waals surface area contributed by atoms with E-state index in [1.807, 2.05) is 0 Å². The second kappa shape index (κ2) is 10.0. The van der Waals surface area contributed by atoms with Crippen LogP contribution in [0.5, 0.6) is 0 Å². The first kappa shape index (κ1) is 27.1. The Kier molecular flexibility index (Phi) is 8.78. The summed E-state index contributed by atoms with van der Waals surface area (Å²) >= 11 is 13.5. The summed E-state index contributed by atoms with van der Waals surface area (Å²) in [6.07, 6.45) is 8.27. The number of hydrogen-bond donors (Lipinski definition) is 0. The van der Waals surface area contributed by atoms with Crippen LogP contribution in [0.25, 0.3) is 0 Å². The van der Waals surface area contributed by atoms with E-state index in [-0.39, 0.29) is 17.6 Å². The smallest absolute Gasteiger partial charge is 0.184 e. The van der Waals surface area contributed by atoms with E-state index < -0.39 is 16.6 Å². The molecule has 2 nitrogen and oxygen atoms in total. The van der Waals surface area contributed by atoms with E-state index >= 15 is 0 Å². The molecule has 0 bridgehead atoms. The standard InChI is InChI=1S/C25H42Cl2O2Si2/c1-17(28-30(5,6)7)15-19-21(11-13-23(19)26)25(3,4)22-12-14-24(27)20(22)16-18(2)29-31(8,9)10/h11-12,17-18H,13-16H2,1-10H3. The maximum Gasteiger partial charge on any atom is 0.184 e. The van der Waals surface area contributed by atoms with Gasteiger partial charge in [-0.2, -0.15) is 0 Å². The Bertz CT molecular complexity index is 742. The summed E-state index contributed by atoms with van der Waals surface area (Å²) in [7, 11) is -3.20. The van der Waals surface area contributed by atoms with Crippen LogP contribution in [0.15, 0.2) is 44.5 Å². The van der Waals surface area contributed by atoms with Crippen molar-refractivity contribution in [2.24, 2.45) is 5.41 Å². The molecule has 31 heavy (non-hydrogen) atoms. The number of hydrogen-bond acceptors (Lipinski definition) is 2. The molecular formula is C25H42Cl2O2Si2. The summed E-state index contributed by atoms with van der Waals surface area (Å²) in [5.74, 6) is 0. The molecule has 0 heterocycles. The fraction of sp³-hybridized carbons (Fsp3) is 0.680. The zero-order valence-corrected chi connectivity index (χ0v) is 24.7. The molecule has 0 aromatic carbocycles. The minimum absolute atomic E-state index is 0.157. The molecule has 0 radical (unpaired) electrons. The molecule has 2 rings (SSSR count). The fourth-order valence-corrected chi connectivity index (χ4v) is 7.98. The second-order valence-electron chi connectivity index (χ2n) is 11.5. The van der Waals surface area contributed by atoms with E-state index in [1.54, 1.807) is 0 Å². The first-order valence-corrected chi connectivity index (χ1v) is 19.1. The SMILES string of the molecule is CC(CC1=C(Cl)CC=C1C(C)(C)C1=CCC(Cl)=C1CC(C)O[Si](C)(C)C)O[Si](C)(C)C. The van der Waals surface area contributed by atoms with Gasteiger partial charge in [0, 0.05) is 40.5 Å². The summed E-state index contributed by atoms with van der Waals surface area (Å²) in [5.41, 5.74) is 5.02. The highest BCUT2D eigenvalue weighted by atomic mass is 35.5. The summed E-state index contributed by atoms with van der Waals surface area (Å²) in [6.45, 7) is 22.4. The monoisotopic (exact) mass is 500 g/mol. The van der Waals surface area contributed by atoms with Crippen LogP contribution in [0.4, 0.5) is 0 Å². The van der Waals surface area contributed by atoms with Gasteiger partial charge in [-0.15, -0.1) is 0 Å². The Labute approximate surface area is 203 Å². The van der Waals surface area contributed by atoms with Gasteiger partial charge in [-0.05, 0) is 88.3 Å². The minimum Gasteiger partial charge on any atom is -0.415 e. The van der Waals surface area contributed by atoms with E-state index in [9.17, 15) is 0 Å². The minimum atomic E-state index is -1.60. The fourth-order valence-electron chi connectivity index (χ4n) is 4.88. The van der Waals surface area contributed by atoms with E-state index in [2.05, 4.69) is 79.1 Å². The largest absolute Gasteiger partial charge is 0.415 e. The molecule has 2 aliphatic rings. The second-order valence-corrected chi connectivity index (χ2v) is 21.4. The molecule has 0 spiro atoms. The van der Waals surface area contributed by atoms with E-state index in [4.69, 9.17) is 32.1 Å². The van der Waals surface area contributed by atoms with Crippen molar-refractivity contribution in [3.63, 3.8) is 0 Å². The van der Waals surface area contributed by atoms with E-state index in [0.717, 1.165) is 35.7 Å². The van der Waals surface area contributed by atoms with Gasteiger partial charge in [0.15, 0.2) is 16.6 Å². The molecule has 2 aliphatic carbocycles. The number of rotatable bonds is 10. The quantitative estimate of drug-likeness (QED) is 0.278. The lowest BCUT2D eigenvalue weighted by Crippen LogP contribution is -2.32. The third kappa shape index (κ3) is 7.45. The first-order chi connectivity index (χ1) is 14.0. The summed E-state index contributed by atoms with van der Waals surface area (Å²) in [4.78, 5) is 0. The normalized spacial score (nSPS) is 20.4. The average Bonchev–Trinajstić information content (AvgIpc) is 3.08. The van der Waals surface area contributed by atoms with Crippen molar-refractivity contribution in [2.45, 2.75) is 105 Å². The zero-order valence-electron chi connectivity index (χ0n) is 21.2. The molecule has 0 saturated heterocycles. The van der Waals surface area contributed by atoms with Gasteiger partial charge in [0.25, 0.3) is 0 Å². The van der Waals surface area contributed by atoms with Gasteiger partial charge < -0.3 is 8.85 Å². The molecule has 0 aromatic heterocycles. The Balaban J connectivity index is 2.25. The molecule has 0 aliphatic heterocycles. The number of allylic oxidation sites excluding steroid dienone is 6. The maximum atomic E-state index is 6.73. The van der Waals surface area contributed by atoms with Crippen molar-refractivity contribution in [1.82, 2.24) is 0 Å². The van der Waals surface area contributed by atoms with Crippen molar-refractivity contribution in [2.75, 3.05) is 0 Å². The van der Waals surface area contributed by atoms with E-state index in [1.165, 1.54) is 22.3 Å². The topological polar surface area (TPSA) is 18.5 Å². The lowest BCUT2D eigenvalue weighted by molar-refractivity contribution is 0.213. The number of halogens is 2. The van der Waals surface area contributed by atoms with Crippen molar-refractivity contribution >= 4 is 39.8 Å². The van der Waals surface area contributed by atoms with Crippen molar-refractivity contribution < 1.29 is 8.85 Å². The van der Waals surface area contributed by atoms with Crippen LogP contribution in [-0.2, 0) is 8.85 Å². The molecule has 0 saturated carbocycles. The molecule has 0 fully saturated rings. The molecule has 0 N–H and O–H groups in total. The molecule has 0 amide bonds. The van der Waals surface area contributed by atoms with Gasteiger partial charge in [-0.1, -0.05) is 49.2 Å². The predicted molar refractivity (Wildman–Crippen MR) is 142 cm³/mol. The van der Waals surface area contributed by atoms with Crippen molar-refractivity contribution in [3.05, 3.63) is 44.5 Å². The van der Waals surface area contributed by atoms with Gasteiger partial charge in [-0.25, -0.2) is 0 Å². The Morgan fingerprint density at radius 3 is 1.39 bits per heavy atom. The van der Waals surface area contributed by atoms with Crippen molar-refractivity contribution in [3.8, 4) is 0 Å². The maximum absolute atomic E-state index is 6.73. The molecule has 2 atom stereocenters. The van der Waals surface area contributed by atoms with Gasteiger partial charge in [0.05, 0.1) is 0 Å². The summed E-state index contributed by atoms with van der Waals surface area (Å²) < 4.78 is 12.7. The lowest BCUT2D eigenvalue weighted by atomic mass is 9.72. The van der Waals surface area contributed by atoms with Crippen LogP contribution in [0, 0.1) is 5.41 Å². The van der Waals surface area contributed by atoms with Crippen LogP contribution in [0.2, 0.25) is 39.3 Å². The zero-order chi connectivity index (χ0) is 23.8. The van der Waals surface area contributed by atoms with Gasteiger partial charge in [-0.3, -0.25) is 0 Å². The average molecular weight is 502 g/mol. The highest BCUT2D eigenvalue weighted by molar-refractivity contribution is 6.70. The molecule has 176 valence electrons. The molecule has 0 aromatic rings. The highest BCUT2D eigenvalue weighted by Crippen LogP contribution is 2.51. The molecule has 2 unspecified atom stereocenters. The lowest BCUT2D eigenvalue weighted by Gasteiger charge is -2.34. The first-order valence-electron chi connectivity index (χ1n) is 11.5. The van der Waals surface area contributed by atoms with Gasteiger partial charge >= 0.3 is 0 Å². The van der Waals surface area contributed by atoms with Crippen LogP contribution in [-0.4, -0.2) is 28.8 Å². The summed E-state index contributed by atoms with van der Waals surface area (Å²) in [6, 6.07) is 0. The molecule has 6 heteroatoms.